The number of carbonyl (C=O) groups is 3. The van der Waals surface area contributed by atoms with Gasteiger partial charge in [-0.3, -0.25) is 14.4 Å². The van der Waals surface area contributed by atoms with Gasteiger partial charge in [-0.05, 0) is 56.1 Å². The highest BCUT2D eigenvalue weighted by molar-refractivity contribution is 5.93. The second kappa shape index (κ2) is 5.13. The molecule has 0 aromatic heterocycles. The molecule has 0 unspecified atom stereocenters. The number of hydrogen-bond acceptors (Lipinski definition) is 6. The van der Waals surface area contributed by atoms with E-state index in [-0.39, 0.29) is 35.0 Å². The minimum Gasteiger partial charge on any atom is -0.458 e. The average Bonchev–Trinajstić information content (AvgIpc) is 3.28. The number of fused-ring (bicyclic) bond motifs is 3. The van der Waals surface area contributed by atoms with Crippen LogP contribution in [0.25, 0.3) is 0 Å². The van der Waals surface area contributed by atoms with Crippen molar-refractivity contribution in [2.75, 3.05) is 0 Å². The van der Waals surface area contributed by atoms with Crippen molar-refractivity contribution in [3.63, 3.8) is 0 Å². The lowest BCUT2D eigenvalue weighted by Gasteiger charge is -2.62. The van der Waals surface area contributed by atoms with Crippen LogP contribution < -0.4 is 0 Å². The smallest absolute Gasteiger partial charge is 0.312 e. The van der Waals surface area contributed by atoms with Crippen LogP contribution >= 0.6 is 0 Å². The van der Waals surface area contributed by atoms with Gasteiger partial charge in [0.05, 0.1) is 12.0 Å². The standard InChI is InChI=1S/C23H28O6/c1-20-9-10-23-17(13(20)4-7-22(20)8-5-15(25)28-22)16(19(27)29-23)18(26)14-11-12(24)3-6-21(14,23)2/h11,13,16-18,26H,3-10H2,1-2H3/t13-,16-,17+,18-,20-,21-,22+,23+/m0/s1. The number of carbonyl (C=O) groups excluding carboxylic acids is 3. The van der Waals surface area contributed by atoms with Crippen molar-refractivity contribution in [2.45, 2.75) is 82.5 Å². The van der Waals surface area contributed by atoms with Crippen molar-refractivity contribution in [1.82, 2.24) is 0 Å². The van der Waals surface area contributed by atoms with Gasteiger partial charge in [0, 0.05) is 29.6 Å². The molecule has 6 heteroatoms. The third kappa shape index (κ3) is 1.79. The molecule has 0 aromatic carbocycles. The van der Waals surface area contributed by atoms with Gasteiger partial charge in [0.25, 0.3) is 0 Å². The first-order chi connectivity index (χ1) is 13.7. The van der Waals surface area contributed by atoms with Gasteiger partial charge in [0.1, 0.15) is 11.2 Å². The molecule has 3 saturated carbocycles. The molecule has 2 aliphatic heterocycles. The summed E-state index contributed by atoms with van der Waals surface area (Å²) >= 11 is 0. The second-order valence-electron chi connectivity index (χ2n) is 10.7. The number of aliphatic hydroxyl groups is 1. The lowest BCUT2D eigenvalue weighted by atomic mass is 9.42. The van der Waals surface area contributed by atoms with Crippen LogP contribution in [-0.4, -0.2) is 40.1 Å². The van der Waals surface area contributed by atoms with Crippen LogP contribution in [-0.2, 0) is 23.9 Å². The van der Waals surface area contributed by atoms with Gasteiger partial charge < -0.3 is 14.6 Å². The molecule has 2 saturated heterocycles. The minimum absolute atomic E-state index is 0.0246. The van der Waals surface area contributed by atoms with E-state index < -0.39 is 28.6 Å². The largest absolute Gasteiger partial charge is 0.458 e. The summed E-state index contributed by atoms with van der Waals surface area (Å²) in [6.07, 6.45) is 6.08. The molecule has 8 atom stereocenters. The number of aliphatic hydroxyl groups excluding tert-OH is 1. The summed E-state index contributed by atoms with van der Waals surface area (Å²) in [5.41, 5.74) is -1.13. The van der Waals surface area contributed by atoms with E-state index in [4.69, 9.17) is 9.47 Å². The molecule has 5 fully saturated rings. The highest BCUT2D eigenvalue weighted by Gasteiger charge is 2.79. The zero-order chi connectivity index (χ0) is 20.4. The van der Waals surface area contributed by atoms with E-state index in [2.05, 4.69) is 13.8 Å². The fourth-order valence-corrected chi connectivity index (χ4v) is 8.58. The molecule has 1 N–H and O–H groups in total. The molecule has 0 radical (unpaired) electrons. The molecule has 1 spiro atoms. The Labute approximate surface area is 170 Å². The Morgan fingerprint density at radius 1 is 1.00 bits per heavy atom. The van der Waals surface area contributed by atoms with E-state index >= 15 is 0 Å². The maximum atomic E-state index is 13.1. The summed E-state index contributed by atoms with van der Waals surface area (Å²) in [6, 6.07) is 0. The van der Waals surface area contributed by atoms with Gasteiger partial charge >= 0.3 is 11.9 Å². The number of ether oxygens (including phenoxy) is 2. The first kappa shape index (κ1) is 18.1. The molecule has 4 aliphatic carbocycles. The molecule has 0 aromatic rings. The van der Waals surface area contributed by atoms with Crippen LogP contribution in [0, 0.1) is 28.6 Å². The topological polar surface area (TPSA) is 89.9 Å². The number of ketones is 1. The zero-order valence-corrected chi connectivity index (χ0v) is 17.0. The third-order valence-corrected chi connectivity index (χ3v) is 10.1. The van der Waals surface area contributed by atoms with Gasteiger partial charge in [0.15, 0.2) is 5.78 Å². The average molecular weight is 400 g/mol. The lowest BCUT2D eigenvalue weighted by molar-refractivity contribution is -0.205. The molecular weight excluding hydrogens is 372 g/mol. The predicted molar refractivity (Wildman–Crippen MR) is 100 cm³/mol. The lowest BCUT2D eigenvalue weighted by Crippen LogP contribution is -2.66. The van der Waals surface area contributed by atoms with Crippen molar-refractivity contribution < 1.29 is 29.0 Å². The van der Waals surface area contributed by atoms with E-state index in [9.17, 15) is 19.5 Å². The number of esters is 2. The maximum Gasteiger partial charge on any atom is 0.312 e. The normalized spacial score (nSPS) is 55.1. The van der Waals surface area contributed by atoms with Crippen LogP contribution in [0.5, 0.6) is 0 Å². The monoisotopic (exact) mass is 400 g/mol. The molecule has 29 heavy (non-hydrogen) atoms. The number of hydrogen-bond donors (Lipinski definition) is 1. The first-order valence-electron chi connectivity index (χ1n) is 11.1. The Morgan fingerprint density at radius 3 is 2.52 bits per heavy atom. The first-order valence-corrected chi connectivity index (χ1v) is 11.1. The Hall–Kier alpha value is -1.69. The summed E-state index contributed by atoms with van der Waals surface area (Å²) in [5, 5.41) is 11.3. The summed E-state index contributed by atoms with van der Waals surface area (Å²) in [6.45, 7) is 4.31. The van der Waals surface area contributed by atoms with Crippen LogP contribution in [0.3, 0.4) is 0 Å². The Kier molecular flexibility index (Phi) is 3.20. The molecule has 6 nitrogen and oxygen atoms in total. The quantitative estimate of drug-likeness (QED) is 0.629. The summed E-state index contributed by atoms with van der Waals surface area (Å²) in [7, 11) is 0. The van der Waals surface area contributed by atoms with Crippen molar-refractivity contribution in [3.8, 4) is 0 Å². The minimum atomic E-state index is -0.970. The SMILES string of the molecule is C[C@]12CCC(=O)C=C1[C@H](O)[C@H]1C(=O)O[C@@]23CC[C@@]2(C)[C@@H](CC[C@@]24CCC(=O)O4)[C@H]13. The Balaban J connectivity index is 1.51. The van der Waals surface area contributed by atoms with Crippen molar-refractivity contribution in [1.29, 1.82) is 0 Å². The van der Waals surface area contributed by atoms with E-state index in [1.807, 2.05) is 0 Å². The van der Waals surface area contributed by atoms with Gasteiger partial charge in [-0.15, -0.1) is 0 Å². The van der Waals surface area contributed by atoms with E-state index in [0.717, 1.165) is 25.7 Å². The third-order valence-electron chi connectivity index (χ3n) is 10.1. The van der Waals surface area contributed by atoms with Gasteiger partial charge in [-0.2, -0.15) is 0 Å². The van der Waals surface area contributed by atoms with Crippen LogP contribution in [0.2, 0.25) is 0 Å². The highest BCUT2D eigenvalue weighted by atomic mass is 16.6. The Morgan fingerprint density at radius 2 is 1.79 bits per heavy atom. The Bertz CT molecular complexity index is 892. The van der Waals surface area contributed by atoms with Crippen molar-refractivity contribution in [3.05, 3.63) is 11.6 Å². The summed E-state index contributed by atoms with van der Waals surface area (Å²) in [4.78, 5) is 37.3. The molecule has 2 heterocycles. The van der Waals surface area contributed by atoms with Gasteiger partial charge in [-0.25, -0.2) is 0 Å². The van der Waals surface area contributed by atoms with Crippen molar-refractivity contribution in [2.24, 2.45) is 28.6 Å². The van der Waals surface area contributed by atoms with E-state index in [1.165, 1.54) is 0 Å². The highest BCUT2D eigenvalue weighted by Crippen LogP contribution is 2.74. The second-order valence-corrected chi connectivity index (χ2v) is 10.7. The molecular formula is C23H28O6. The summed E-state index contributed by atoms with van der Waals surface area (Å²) in [5.74, 6) is -0.982. The maximum absolute atomic E-state index is 13.1. The number of rotatable bonds is 0. The fourth-order valence-electron chi connectivity index (χ4n) is 8.58. The molecule has 6 rings (SSSR count). The predicted octanol–water partition coefficient (Wildman–Crippen LogP) is 2.47. The zero-order valence-electron chi connectivity index (χ0n) is 17.0. The van der Waals surface area contributed by atoms with Crippen LogP contribution in [0.4, 0.5) is 0 Å². The van der Waals surface area contributed by atoms with E-state index in [0.29, 0.717) is 31.3 Å². The molecule has 0 amide bonds. The molecule has 2 bridgehead atoms. The summed E-state index contributed by atoms with van der Waals surface area (Å²) < 4.78 is 12.2. The van der Waals surface area contributed by atoms with Crippen molar-refractivity contribution >= 4 is 17.7 Å². The van der Waals surface area contributed by atoms with Crippen LogP contribution in [0.15, 0.2) is 11.6 Å². The van der Waals surface area contributed by atoms with Gasteiger partial charge in [0.2, 0.25) is 0 Å². The van der Waals surface area contributed by atoms with Gasteiger partial charge in [-0.1, -0.05) is 13.8 Å². The molecule has 6 aliphatic rings. The molecule has 156 valence electrons. The van der Waals surface area contributed by atoms with E-state index in [1.54, 1.807) is 6.08 Å². The fraction of sp³-hybridized carbons (Fsp3) is 0.783. The van der Waals surface area contributed by atoms with Crippen LogP contribution in [0.1, 0.15) is 65.2 Å².